The highest BCUT2D eigenvalue weighted by Gasteiger charge is 2.14. The van der Waals surface area contributed by atoms with Crippen LogP contribution in [0.15, 0.2) is 24.3 Å². The van der Waals surface area contributed by atoms with Crippen LogP contribution in [0.3, 0.4) is 0 Å². The molecule has 2 rings (SSSR count). The fourth-order valence-electron chi connectivity index (χ4n) is 2.12. The lowest BCUT2D eigenvalue weighted by Gasteiger charge is -2.18. The molecule has 0 bridgehead atoms. The van der Waals surface area contributed by atoms with E-state index < -0.39 is 0 Å². The Balaban J connectivity index is 2.13. The molecule has 5 nitrogen and oxygen atoms in total. The van der Waals surface area contributed by atoms with Crippen molar-refractivity contribution in [3.63, 3.8) is 0 Å². The van der Waals surface area contributed by atoms with Gasteiger partial charge in [0.25, 0.3) is 0 Å². The second kappa shape index (κ2) is 6.85. The molecule has 2 N–H and O–H groups in total. The van der Waals surface area contributed by atoms with E-state index in [1.54, 1.807) is 11.3 Å². The number of benzene rings is 1. The normalized spacial score (nSPS) is 12.1. The lowest BCUT2D eigenvalue weighted by molar-refractivity contribution is -0.492. The zero-order valence-corrected chi connectivity index (χ0v) is 14.1. The van der Waals surface area contributed by atoms with Gasteiger partial charge in [-0.25, -0.2) is 4.98 Å². The molecule has 0 radical (unpaired) electrons. The number of aryl methyl sites for hydroxylation is 1. The van der Waals surface area contributed by atoms with Gasteiger partial charge in [-0.1, -0.05) is 45.0 Å². The quantitative estimate of drug-likeness (QED) is 0.815. The summed E-state index contributed by atoms with van der Waals surface area (Å²) in [4.78, 5) is 10.3. The van der Waals surface area contributed by atoms with Gasteiger partial charge >= 0.3 is 0 Å². The lowest BCUT2D eigenvalue weighted by Crippen LogP contribution is -2.16. The Labute approximate surface area is 134 Å². The number of rotatable bonds is 5. The van der Waals surface area contributed by atoms with Crippen LogP contribution in [-0.2, 0) is 16.7 Å². The predicted molar refractivity (Wildman–Crippen MR) is 86.1 cm³/mol. The maximum atomic E-state index is 8.53. The van der Waals surface area contributed by atoms with Crippen molar-refractivity contribution in [3.05, 3.63) is 40.4 Å². The summed E-state index contributed by atoms with van der Waals surface area (Å²) in [5.41, 5.74) is 3.48. The molecule has 0 amide bonds. The van der Waals surface area contributed by atoms with Gasteiger partial charge in [-0.2, -0.15) is 0 Å². The summed E-state index contributed by atoms with van der Waals surface area (Å²) in [5.74, 6) is 0. The second-order valence-corrected chi connectivity index (χ2v) is 7.27. The van der Waals surface area contributed by atoms with Crippen LogP contribution in [0.4, 0.5) is 0 Å². The molecule has 0 unspecified atom stereocenters. The maximum absolute atomic E-state index is 8.53. The van der Waals surface area contributed by atoms with E-state index in [1.807, 2.05) is 6.92 Å². The van der Waals surface area contributed by atoms with E-state index in [4.69, 9.17) is 10.4 Å². The van der Waals surface area contributed by atoms with Crippen LogP contribution in [-0.4, -0.2) is 27.4 Å². The third-order valence-electron chi connectivity index (χ3n) is 3.43. The maximum Gasteiger partial charge on any atom is 0.123 e. The van der Waals surface area contributed by atoms with Crippen molar-refractivity contribution in [2.45, 2.75) is 39.5 Å². The van der Waals surface area contributed by atoms with Gasteiger partial charge in [0.15, 0.2) is 0 Å². The van der Waals surface area contributed by atoms with Gasteiger partial charge < -0.3 is 0 Å². The highest BCUT2D eigenvalue weighted by Crippen LogP contribution is 2.30. The number of aromatic nitrogens is 1. The first-order valence-corrected chi connectivity index (χ1v) is 7.97. The van der Waals surface area contributed by atoms with Gasteiger partial charge in [0.2, 0.25) is 0 Å². The molecule has 1 aromatic carbocycles. The molecule has 0 saturated heterocycles. The minimum absolute atomic E-state index is 0.139. The smallest absolute Gasteiger partial charge is 0.123 e. The zero-order valence-electron chi connectivity index (χ0n) is 13.3. The van der Waals surface area contributed by atoms with Crippen LogP contribution >= 0.6 is 11.3 Å². The van der Waals surface area contributed by atoms with Crippen molar-refractivity contribution in [2.75, 3.05) is 6.61 Å². The summed E-state index contributed by atoms with van der Waals surface area (Å²) >= 11 is 1.60. The van der Waals surface area contributed by atoms with Crippen molar-refractivity contribution in [3.8, 4) is 10.6 Å². The molecule has 1 aromatic heterocycles. The number of hydrogen-bond donors (Lipinski definition) is 2. The molecule has 1 heterocycles. The number of hydrogen-bond acceptors (Lipinski definition) is 6. The summed E-state index contributed by atoms with van der Waals surface area (Å²) in [6.45, 7) is 8.73. The molecule has 120 valence electrons. The van der Waals surface area contributed by atoms with Gasteiger partial charge in [0.05, 0.1) is 17.7 Å². The number of thiazole rings is 1. The highest BCUT2D eigenvalue weighted by molar-refractivity contribution is 7.15. The Morgan fingerprint density at radius 2 is 1.82 bits per heavy atom. The molecule has 6 heteroatoms. The van der Waals surface area contributed by atoms with Crippen LogP contribution in [0.2, 0.25) is 0 Å². The first kappa shape index (κ1) is 17.1. The van der Waals surface area contributed by atoms with E-state index in [0.717, 1.165) is 21.1 Å². The van der Waals surface area contributed by atoms with Crippen molar-refractivity contribution < 1.29 is 15.3 Å². The minimum atomic E-state index is -0.261. The fraction of sp³-hybridized carbons (Fsp3) is 0.438. The van der Waals surface area contributed by atoms with Crippen LogP contribution in [0.25, 0.3) is 10.6 Å². The van der Waals surface area contributed by atoms with E-state index in [1.165, 1.54) is 5.56 Å². The average molecular weight is 322 g/mol. The van der Waals surface area contributed by atoms with Crippen LogP contribution in [0, 0.1) is 6.92 Å². The Hall–Kier alpha value is -1.31. The van der Waals surface area contributed by atoms with Crippen LogP contribution in [0.5, 0.6) is 0 Å². The Morgan fingerprint density at radius 1 is 1.18 bits per heavy atom. The monoisotopic (exact) mass is 322 g/mol. The van der Waals surface area contributed by atoms with E-state index in [-0.39, 0.29) is 17.4 Å². The van der Waals surface area contributed by atoms with Crippen LogP contribution in [0.1, 0.15) is 36.9 Å². The molecule has 22 heavy (non-hydrogen) atoms. The molecular weight excluding hydrogens is 300 g/mol. The Kier molecular flexibility index (Phi) is 5.31. The molecular formula is C16H22N2O3S. The van der Waals surface area contributed by atoms with Gasteiger partial charge in [0.1, 0.15) is 5.01 Å². The van der Waals surface area contributed by atoms with Crippen LogP contribution < -0.4 is 0 Å². The molecule has 0 spiro atoms. The lowest BCUT2D eigenvalue weighted by atomic mass is 9.87. The van der Waals surface area contributed by atoms with Gasteiger partial charge in [0, 0.05) is 16.9 Å². The Bertz CT molecular complexity index is 615. The van der Waals surface area contributed by atoms with Crippen molar-refractivity contribution in [1.29, 1.82) is 0 Å². The third kappa shape index (κ3) is 4.34. The predicted octanol–water partition coefficient (Wildman–Crippen LogP) is 3.97. The molecule has 0 aliphatic heterocycles. The van der Waals surface area contributed by atoms with Crippen molar-refractivity contribution in [2.24, 2.45) is 0 Å². The highest BCUT2D eigenvalue weighted by atomic mass is 32.1. The fourth-order valence-corrected chi connectivity index (χ4v) is 3.16. The van der Waals surface area contributed by atoms with E-state index in [9.17, 15) is 0 Å². The summed E-state index contributed by atoms with van der Waals surface area (Å²) in [5, 5.41) is 17.8. The number of nitrogens with zero attached hydrogens (tertiary/aromatic N) is 2. The van der Waals surface area contributed by atoms with Gasteiger partial charge in [-0.15, -0.1) is 11.3 Å². The Morgan fingerprint density at radius 3 is 2.36 bits per heavy atom. The van der Waals surface area contributed by atoms with E-state index in [2.05, 4.69) is 54.9 Å². The van der Waals surface area contributed by atoms with E-state index in [0.29, 0.717) is 6.42 Å². The largest absolute Gasteiger partial charge is 0.266 e. The molecule has 0 fully saturated rings. The first-order valence-electron chi connectivity index (χ1n) is 7.15. The third-order valence-corrected chi connectivity index (χ3v) is 4.69. The van der Waals surface area contributed by atoms with Crippen molar-refractivity contribution >= 4 is 11.3 Å². The SMILES string of the molecule is Cc1nc(-c2ccc(C(C)(C)C)cc2)sc1CCON(O)O. The molecule has 0 aliphatic carbocycles. The first-order chi connectivity index (χ1) is 10.3. The topological polar surface area (TPSA) is 65.8 Å². The summed E-state index contributed by atoms with van der Waals surface area (Å²) in [6, 6.07) is 8.49. The second-order valence-electron chi connectivity index (χ2n) is 6.19. The zero-order chi connectivity index (χ0) is 16.3. The summed E-state index contributed by atoms with van der Waals surface area (Å²) in [7, 11) is 0. The molecule has 0 atom stereocenters. The van der Waals surface area contributed by atoms with E-state index >= 15 is 0 Å². The van der Waals surface area contributed by atoms with Gasteiger partial charge in [-0.3, -0.25) is 15.3 Å². The average Bonchev–Trinajstić information content (AvgIpc) is 2.79. The molecule has 2 aromatic rings. The summed E-state index contributed by atoms with van der Waals surface area (Å²) < 4.78 is 0. The standard InChI is InChI=1S/C16H22N2O3S/c1-11-14(9-10-21-18(19)20)22-15(17-11)12-5-7-13(8-6-12)16(2,3)4/h5-8,19-20H,9-10H2,1-4H3. The molecule has 0 saturated carbocycles. The molecule has 0 aliphatic rings. The summed E-state index contributed by atoms with van der Waals surface area (Å²) in [6.07, 6.45) is 0.585. The minimum Gasteiger partial charge on any atom is -0.266 e. The van der Waals surface area contributed by atoms with Crippen molar-refractivity contribution in [1.82, 2.24) is 10.4 Å². The van der Waals surface area contributed by atoms with Gasteiger partial charge in [-0.05, 0) is 17.9 Å².